The number of nitrogens with zero attached hydrogens (tertiary/aromatic N) is 1. The van der Waals surface area contributed by atoms with E-state index >= 15 is 0 Å². The van der Waals surface area contributed by atoms with Crippen molar-refractivity contribution in [1.29, 1.82) is 0 Å². The second kappa shape index (κ2) is 5.58. The number of ether oxygens (including phenoxy) is 1. The van der Waals surface area contributed by atoms with E-state index in [9.17, 15) is 0 Å². The first-order valence-corrected chi connectivity index (χ1v) is 5.21. The molecule has 1 rings (SSSR count). The minimum absolute atomic E-state index is 0.358. The third kappa shape index (κ3) is 3.63. The summed E-state index contributed by atoms with van der Waals surface area (Å²) in [6.07, 6.45) is 2.85. The van der Waals surface area contributed by atoms with Gasteiger partial charge in [-0.1, -0.05) is 0 Å². The van der Waals surface area contributed by atoms with Crippen LogP contribution in [0, 0.1) is 5.92 Å². The van der Waals surface area contributed by atoms with Gasteiger partial charge in [0.15, 0.2) is 0 Å². The van der Waals surface area contributed by atoms with Crippen LogP contribution in [0.2, 0.25) is 0 Å². The van der Waals surface area contributed by atoms with Crippen molar-refractivity contribution in [3.8, 4) is 0 Å². The highest BCUT2D eigenvalue weighted by Crippen LogP contribution is 2.18. The minimum atomic E-state index is 0.358. The molecule has 0 aromatic heterocycles. The van der Waals surface area contributed by atoms with Crippen molar-refractivity contribution in [1.82, 2.24) is 4.90 Å². The predicted molar refractivity (Wildman–Crippen MR) is 54.7 cm³/mol. The maximum Gasteiger partial charge on any atom is 0.0670 e. The van der Waals surface area contributed by atoms with Crippen LogP contribution < -0.4 is 5.73 Å². The van der Waals surface area contributed by atoms with Crippen LogP contribution in [0.1, 0.15) is 19.8 Å². The van der Waals surface area contributed by atoms with E-state index in [1.165, 1.54) is 25.9 Å². The molecule has 3 nitrogen and oxygen atoms in total. The van der Waals surface area contributed by atoms with Gasteiger partial charge in [0, 0.05) is 20.2 Å². The maximum absolute atomic E-state index is 5.54. The fraction of sp³-hybridized carbons (Fsp3) is 1.00. The standard InChI is InChI=1S/C10H22N2O/c1-9(13-2)7-12-6-4-10(8-12)3-5-11/h9-10H,3-8,11H2,1-2H3. The molecule has 1 saturated heterocycles. The molecule has 0 spiro atoms. The van der Waals surface area contributed by atoms with Crippen LogP contribution in [0.25, 0.3) is 0 Å². The van der Waals surface area contributed by atoms with E-state index in [1.807, 2.05) is 0 Å². The smallest absolute Gasteiger partial charge is 0.0670 e. The van der Waals surface area contributed by atoms with Gasteiger partial charge in [0.25, 0.3) is 0 Å². The lowest BCUT2D eigenvalue weighted by atomic mass is 10.1. The predicted octanol–water partition coefficient (Wildman–Crippen LogP) is 0.692. The molecule has 1 aliphatic rings. The molecule has 0 bridgehead atoms. The third-order valence-electron chi connectivity index (χ3n) is 2.86. The molecule has 2 N–H and O–H groups in total. The second-order valence-electron chi connectivity index (χ2n) is 4.04. The molecule has 3 heteroatoms. The van der Waals surface area contributed by atoms with Gasteiger partial charge in [-0.3, -0.25) is 0 Å². The summed E-state index contributed by atoms with van der Waals surface area (Å²) in [5.41, 5.74) is 5.54. The summed E-state index contributed by atoms with van der Waals surface area (Å²) >= 11 is 0. The van der Waals surface area contributed by atoms with Crippen LogP contribution in [0.5, 0.6) is 0 Å². The lowest BCUT2D eigenvalue weighted by molar-refractivity contribution is 0.0839. The fourth-order valence-corrected chi connectivity index (χ4v) is 1.99. The van der Waals surface area contributed by atoms with E-state index in [4.69, 9.17) is 10.5 Å². The van der Waals surface area contributed by atoms with Gasteiger partial charge in [0.05, 0.1) is 6.10 Å². The zero-order valence-corrected chi connectivity index (χ0v) is 8.83. The highest BCUT2D eigenvalue weighted by Gasteiger charge is 2.22. The van der Waals surface area contributed by atoms with Gasteiger partial charge in [-0.05, 0) is 38.8 Å². The van der Waals surface area contributed by atoms with Gasteiger partial charge in [0.2, 0.25) is 0 Å². The Morgan fingerprint density at radius 3 is 3.00 bits per heavy atom. The molecule has 1 heterocycles. The number of hydrogen-bond donors (Lipinski definition) is 1. The third-order valence-corrected chi connectivity index (χ3v) is 2.86. The SMILES string of the molecule is COC(C)CN1CCC(CCN)C1. The number of likely N-dealkylation sites (tertiary alicyclic amines) is 1. The molecule has 13 heavy (non-hydrogen) atoms. The normalized spacial score (nSPS) is 26.5. The summed E-state index contributed by atoms with van der Waals surface area (Å²) in [6, 6.07) is 0. The van der Waals surface area contributed by atoms with Gasteiger partial charge >= 0.3 is 0 Å². The lowest BCUT2D eigenvalue weighted by Crippen LogP contribution is -2.30. The highest BCUT2D eigenvalue weighted by atomic mass is 16.5. The molecule has 0 aliphatic carbocycles. The first-order valence-electron chi connectivity index (χ1n) is 5.21. The largest absolute Gasteiger partial charge is 0.380 e. The summed E-state index contributed by atoms with van der Waals surface area (Å²) in [5, 5.41) is 0. The molecule has 1 fully saturated rings. The Kier molecular flexibility index (Phi) is 4.70. The Morgan fingerprint density at radius 1 is 1.62 bits per heavy atom. The molecular formula is C10H22N2O. The van der Waals surface area contributed by atoms with Crippen molar-refractivity contribution < 1.29 is 4.74 Å². The summed E-state index contributed by atoms with van der Waals surface area (Å²) in [5.74, 6) is 0.828. The van der Waals surface area contributed by atoms with Crippen molar-refractivity contribution in [2.45, 2.75) is 25.9 Å². The molecule has 0 aromatic carbocycles. The molecule has 78 valence electrons. The Morgan fingerprint density at radius 2 is 2.38 bits per heavy atom. The number of methoxy groups -OCH3 is 1. The van der Waals surface area contributed by atoms with E-state index in [1.54, 1.807) is 7.11 Å². The second-order valence-corrected chi connectivity index (χ2v) is 4.04. The van der Waals surface area contributed by atoms with Crippen LogP contribution in [0.15, 0.2) is 0 Å². The highest BCUT2D eigenvalue weighted by molar-refractivity contribution is 4.76. The Labute approximate surface area is 81.2 Å². The Balaban J connectivity index is 2.17. The lowest BCUT2D eigenvalue weighted by Gasteiger charge is -2.19. The van der Waals surface area contributed by atoms with Gasteiger partial charge in [-0.15, -0.1) is 0 Å². The monoisotopic (exact) mass is 186 g/mol. The quantitative estimate of drug-likeness (QED) is 0.686. The van der Waals surface area contributed by atoms with Crippen LogP contribution in [-0.4, -0.2) is 44.3 Å². The molecule has 2 atom stereocenters. The van der Waals surface area contributed by atoms with E-state index in [-0.39, 0.29) is 0 Å². The zero-order chi connectivity index (χ0) is 9.68. The molecule has 0 saturated carbocycles. The topological polar surface area (TPSA) is 38.5 Å². The summed E-state index contributed by atoms with van der Waals surface area (Å²) < 4.78 is 5.24. The first-order chi connectivity index (χ1) is 6.26. The van der Waals surface area contributed by atoms with Crippen molar-refractivity contribution in [2.24, 2.45) is 11.7 Å². The molecular weight excluding hydrogens is 164 g/mol. The van der Waals surface area contributed by atoms with Gasteiger partial charge < -0.3 is 15.4 Å². The van der Waals surface area contributed by atoms with Crippen LogP contribution >= 0.6 is 0 Å². The van der Waals surface area contributed by atoms with E-state index in [0.29, 0.717) is 6.10 Å². The van der Waals surface area contributed by atoms with E-state index in [2.05, 4.69) is 11.8 Å². The molecule has 1 aliphatic heterocycles. The van der Waals surface area contributed by atoms with Gasteiger partial charge in [0.1, 0.15) is 0 Å². The van der Waals surface area contributed by atoms with Crippen molar-refractivity contribution in [3.05, 3.63) is 0 Å². The van der Waals surface area contributed by atoms with E-state index < -0.39 is 0 Å². The average Bonchev–Trinajstić information content (AvgIpc) is 2.53. The fourth-order valence-electron chi connectivity index (χ4n) is 1.99. The Bertz CT molecular complexity index is 141. The first kappa shape index (κ1) is 11.0. The summed E-state index contributed by atoms with van der Waals surface area (Å²) in [6.45, 7) is 6.45. The number of rotatable bonds is 5. The average molecular weight is 186 g/mol. The Hall–Kier alpha value is -0.120. The minimum Gasteiger partial charge on any atom is -0.380 e. The molecule has 0 radical (unpaired) electrons. The number of hydrogen-bond acceptors (Lipinski definition) is 3. The van der Waals surface area contributed by atoms with Gasteiger partial charge in [-0.25, -0.2) is 0 Å². The van der Waals surface area contributed by atoms with Crippen molar-refractivity contribution >= 4 is 0 Å². The maximum atomic E-state index is 5.54. The number of nitrogens with two attached hydrogens (primary N) is 1. The summed E-state index contributed by atoms with van der Waals surface area (Å²) in [7, 11) is 1.78. The molecule has 0 amide bonds. The summed E-state index contributed by atoms with van der Waals surface area (Å²) in [4.78, 5) is 2.48. The van der Waals surface area contributed by atoms with Crippen molar-refractivity contribution in [3.63, 3.8) is 0 Å². The van der Waals surface area contributed by atoms with Crippen LogP contribution in [0.4, 0.5) is 0 Å². The van der Waals surface area contributed by atoms with Crippen LogP contribution in [0.3, 0.4) is 0 Å². The van der Waals surface area contributed by atoms with Crippen LogP contribution in [-0.2, 0) is 4.74 Å². The van der Waals surface area contributed by atoms with Crippen molar-refractivity contribution in [2.75, 3.05) is 33.3 Å². The zero-order valence-electron chi connectivity index (χ0n) is 8.83. The van der Waals surface area contributed by atoms with E-state index in [0.717, 1.165) is 19.0 Å². The van der Waals surface area contributed by atoms with Gasteiger partial charge in [-0.2, -0.15) is 0 Å². The molecule has 2 unspecified atom stereocenters. The molecule has 0 aromatic rings.